The van der Waals surface area contributed by atoms with Gasteiger partial charge in [0, 0.05) is 25.0 Å². The van der Waals surface area contributed by atoms with Crippen LogP contribution in [0.15, 0.2) is 95.1 Å². The summed E-state index contributed by atoms with van der Waals surface area (Å²) in [5.74, 6) is 0.145. The van der Waals surface area contributed by atoms with Crippen LogP contribution >= 0.6 is 23.4 Å². The number of halogens is 1. The molecular formula is C27H25ClN4O3S2. The molecule has 1 heterocycles. The third-order valence-corrected chi connectivity index (χ3v) is 8.63. The lowest BCUT2D eigenvalue weighted by Crippen LogP contribution is -2.26. The molecule has 4 aromatic rings. The summed E-state index contributed by atoms with van der Waals surface area (Å²) < 4.78 is 27.2. The maximum absolute atomic E-state index is 13.0. The Kier molecular flexibility index (Phi) is 8.60. The fraction of sp³-hybridized carbons (Fsp3) is 0.148. The van der Waals surface area contributed by atoms with Gasteiger partial charge in [0.1, 0.15) is 0 Å². The van der Waals surface area contributed by atoms with Crippen molar-refractivity contribution in [3.63, 3.8) is 0 Å². The first kappa shape index (κ1) is 26.8. The number of aromatic nitrogens is 2. The number of benzene rings is 3. The van der Waals surface area contributed by atoms with E-state index < -0.39 is 15.9 Å². The minimum Gasteiger partial charge on any atom is -0.321 e. The van der Waals surface area contributed by atoms with Crippen molar-refractivity contribution in [2.45, 2.75) is 29.3 Å². The van der Waals surface area contributed by atoms with Crippen molar-refractivity contribution in [1.82, 2.24) is 14.3 Å². The Morgan fingerprint density at radius 1 is 1.00 bits per heavy atom. The minimum atomic E-state index is -3.70. The van der Waals surface area contributed by atoms with E-state index in [1.165, 1.54) is 59.1 Å². The smallest absolute Gasteiger partial charge is 0.275 e. The molecule has 0 fully saturated rings. The van der Waals surface area contributed by atoms with Crippen molar-refractivity contribution in [1.29, 1.82) is 0 Å². The second kappa shape index (κ2) is 11.9. The Bertz CT molecular complexity index is 1500. The van der Waals surface area contributed by atoms with Gasteiger partial charge in [0.15, 0.2) is 10.9 Å². The van der Waals surface area contributed by atoms with Gasteiger partial charge in [-0.25, -0.2) is 18.4 Å². The van der Waals surface area contributed by atoms with Crippen LogP contribution in [0.25, 0.3) is 0 Å². The van der Waals surface area contributed by atoms with Crippen molar-refractivity contribution in [3.05, 3.63) is 112 Å². The maximum atomic E-state index is 13.0. The quantitative estimate of drug-likeness (QED) is 0.208. The lowest BCUT2D eigenvalue weighted by Gasteiger charge is -2.17. The highest BCUT2D eigenvalue weighted by molar-refractivity contribution is 7.98. The zero-order valence-electron chi connectivity index (χ0n) is 20.3. The van der Waals surface area contributed by atoms with Gasteiger partial charge in [-0.1, -0.05) is 78.0 Å². The van der Waals surface area contributed by atoms with Crippen molar-refractivity contribution in [2.24, 2.45) is 0 Å². The van der Waals surface area contributed by atoms with Crippen LogP contribution in [0.5, 0.6) is 0 Å². The van der Waals surface area contributed by atoms with Gasteiger partial charge in [0.25, 0.3) is 5.91 Å². The first-order valence-electron chi connectivity index (χ1n) is 11.4. The molecule has 0 spiro atoms. The Hall–Kier alpha value is -3.24. The molecule has 1 aromatic heterocycles. The van der Waals surface area contributed by atoms with E-state index in [1.807, 2.05) is 61.5 Å². The number of thioether (sulfide) groups is 1. The molecule has 4 rings (SSSR count). The highest BCUT2D eigenvalue weighted by atomic mass is 35.5. The van der Waals surface area contributed by atoms with E-state index >= 15 is 0 Å². The molecule has 0 aliphatic carbocycles. The zero-order valence-corrected chi connectivity index (χ0v) is 22.6. The largest absolute Gasteiger partial charge is 0.321 e. The van der Waals surface area contributed by atoms with Gasteiger partial charge < -0.3 is 5.32 Å². The average Bonchev–Trinajstić information content (AvgIpc) is 2.90. The standard InChI is InChI=1S/C27H25ClN4O3S2/c1-19-8-6-7-11-21(19)18-36-27-29-16-24(28)25(31-27)26(33)30-22-12-14-23(15-13-22)37(34,35)32(2)17-20-9-4-3-5-10-20/h3-16H,17-18H2,1-2H3,(H,30,33). The third kappa shape index (κ3) is 6.75. The number of anilines is 1. The number of amides is 1. The number of carbonyl (C=O) groups excluding carboxylic acids is 1. The van der Waals surface area contributed by atoms with Crippen LogP contribution < -0.4 is 5.32 Å². The van der Waals surface area contributed by atoms with E-state index in [-0.39, 0.29) is 22.2 Å². The first-order chi connectivity index (χ1) is 17.7. The maximum Gasteiger partial charge on any atom is 0.275 e. The number of sulfonamides is 1. The van der Waals surface area contributed by atoms with Gasteiger partial charge in [-0.05, 0) is 47.9 Å². The van der Waals surface area contributed by atoms with Gasteiger partial charge in [-0.2, -0.15) is 4.31 Å². The van der Waals surface area contributed by atoms with Crippen LogP contribution in [-0.2, 0) is 22.3 Å². The molecule has 0 saturated heterocycles. The summed E-state index contributed by atoms with van der Waals surface area (Å²) in [5, 5.41) is 3.28. The topological polar surface area (TPSA) is 92.3 Å². The van der Waals surface area contributed by atoms with Gasteiger partial charge in [0.2, 0.25) is 10.0 Å². The molecule has 7 nitrogen and oxygen atoms in total. The lowest BCUT2D eigenvalue weighted by molar-refractivity contribution is 0.102. The predicted molar refractivity (Wildman–Crippen MR) is 147 cm³/mol. The van der Waals surface area contributed by atoms with Crippen molar-refractivity contribution in [2.75, 3.05) is 12.4 Å². The Morgan fingerprint density at radius 2 is 1.68 bits per heavy atom. The summed E-state index contributed by atoms with van der Waals surface area (Å²) in [6, 6.07) is 23.4. The molecular weight excluding hydrogens is 528 g/mol. The second-order valence-corrected chi connectivity index (χ2v) is 11.7. The average molecular weight is 553 g/mol. The summed E-state index contributed by atoms with van der Waals surface area (Å²) >= 11 is 7.62. The molecule has 190 valence electrons. The monoisotopic (exact) mass is 552 g/mol. The minimum absolute atomic E-state index is 0.0447. The SMILES string of the molecule is Cc1ccccc1CSc1ncc(Cl)c(C(=O)Nc2ccc(S(=O)(=O)N(C)Cc3ccccc3)cc2)n1. The molecule has 1 amide bonds. The van der Waals surface area contributed by atoms with Crippen LogP contribution in [0.1, 0.15) is 27.2 Å². The molecule has 37 heavy (non-hydrogen) atoms. The fourth-order valence-corrected chi connectivity index (χ4v) is 5.73. The highest BCUT2D eigenvalue weighted by Gasteiger charge is 2.21. The summed E-state index contributed by atoms with van der Waals surface area (Å²) in [7, 11) is -2.17. The van der Waals surface area contributed by atoms with Gasteiger partial charge >= 0.3 is 0 Å². The molecule has 3 aromatic carbocycles. The van der Waals surface area contributed by atoms with Crippen LogP contribution in [0.2, 0.25) is 5.02 Å². The van der Waals surface area contributed by atoms with Crippen molar-refractivity contribution in [3.8, 4) is 0 Å². The molecule has 1 N–H and O–H groups in total. The van der Waals surface area contributed by atoms with Crippen LogP contribution in [0.4, 0.5) is 5.69 Å². The van der Waals surface area contributed by atoms with E-state index in [0.717, 1.165) is 11.1 Å². The van der Waals surface area contributed by atoms with Gasteiger partial charge in [0.05, 0.1) is 16.1 Å². The number of hydrogen-bond acceptors (Lipinski definition) is 6. The molecule has 0 saturated carbocycles. The summed E-state index contributed by atoms with van der Waals surface area (Å²) in [5.41, 5.74) is 3.66. The second-order valence-electron chi connectivity index (χ2n) is 8.29. The predicted octanol–water partition coefficient (Wildman–Crippen LogP) is 5.80. The third-order valence-electron chi connectivity index (χ3n) is 5.62. The van der Waals surface area contributed by atoms with E-state index in [0.29, 0.717) is 16.6 Å². The zero-order chi connectivity index (χ0) is 26.4. The highest BCUT2D eigenvalue weighted by Crippen LogP contribution is 2.25. The number of rotatable bonds is 9. The Labute approximate surface area is 226 Å². The molecule has 0 bridgehead atoms. The van der Waals surface area contributed by atoms with Crippen LogP contribution in [-0.4, -0.2) is 35.6 Å². The molecule has 0 aliphatic rings. The number of nitrogens with zero attached hydrogens (tertiary/aromatic N) is 3. The van der Waals surface area contributed by atoms with Crippen molar-refractivity contribution >= 4 is 45.0 Å². The Morgan fingerprint density at radius 3 is 2.38 bits per heavy atom. The lowest BCUT2D eigenvalue weighted by atomic mass is 10.1. The normalized spacial score (nSPS) is 11.5. The fourth-order valence-electron chi connectivity index (χ4n) is 3.50. The summed E-state index contributed by atoms with van der Waals surface area (Å²) in [6.45, 7) is 2.29. The van der Waals surface area contributed by atoms with Gasteiger partial charge in [-0.3, -0.25) is 4.79 Å². The van der Waals surface area contributed by atoms with E-state index in [1.54, 1.807) is 0 Å². The number of carbonyl (C=O) groups is 1. The molecule has 0 aliphatic heterocycles. The van der Waals surface area contributed by atoms with Crippen molar-refractivity contribution < 1.29 is 13.2 Å². The number of aryl methyl sites for hydroxylation is 1. The molecule has 10 heteroatoms. The van der Waals surface area contributed by atoms with E-state index in [2.05, 4.69) is 15.3 Å². The van der Waals surface area contributed by atoms with E-state index in [4.69, 9.17) is 11.6 Å². The molecule has 0 atom stereocenters. The summed E-state index contributed by atoms with van der Waals surface area (Å²) in [4.78, 5) is 21.6. The molecule has 0 radical (unpaired) electrons. The van der Waals surface area contributed by atoms with Crippen LogP contribution in [0.3, 0.4) is 0 Å². The first-order valence-corrected chi connectivity index (χ1v) is 14.2. The van der Waals surface area contributed by atoms with Crippen LogP contribution in [0, 0.1) is 6.92 Å². The Balaban J connectivity index is 1.43. The van der Waals surface area contributed by atoms with E-state index in [9.17, 15) is 13.2 Å². The number of hydrogen-bond donors (Lipinski definition) is 1. The summed E-state index contributed by atoms with van der Waals surface area (Å²) in [6.07, 6.45) is 1.40. The number of nitrogens with one attached hydrogen (secondary N) is 1. The van der Waals surface area contributed by atoms with Gasteiger partial charge in [-0.15, -0.1) is 0 Å². The molecule has 0 unspecified atom stereocenters.